The van der Waals surface area contributed by atoms with Crippen LogP contribution in [0.3, 0.4) is 0 Å². The molecule has 3 saturated heterocycles. The Hall–Kier alpha value is -1.81. The van der Waals surface area contributed by atoms with Gasteiger partial charge in [0.15, 0.2) is 0 Å². The number of carbonyl (C=O) groups is 1. The van der Waals surface area contributed by atoms with Gasteiger partial charge in [0.25, 0.3) is 0 Å². The van der Waals surface area contributed by atoms with Gasteiger partial charge in [-0.05, 0) is 49.9 Å². The Labute approximate surface area is 143 Å². The second-order valence-corrected chi connectivity index (χ2v) is 7.44. The molecule has 4 heteroatoms. The molecule has 0 aliphatic carbocycles. The van der Waals surface area contributed by atoms with E-state index >= 15 is 0 Å². The second kappa shape index (κ2) is 6.25. The van der Waals surface area contributed by atoms with Crippen LogP contribution in [0.4, 0.5) is 0 Å². The zero-order chi connectivity index (χ0) is 16.7. The van der Waals surface area contributed by atoms with E-state index in [1.165, 1.54) is 55.2 Å². The number of piperidine rings is 3. The summed E-state index contributed by atoms with van der Waals surface area (Å²) in [6.07, 6.45) is 3.34. The third-order valence-corrected chi connectivity index (χ3v) is 5.99. The van der Waals surface area contributed by atoms with E-state index in [0.717, 1.165) is 18.9 Å². The van der Waals surface area contributed by atoms with E-state index in [0.29, 0.717) is 5.92 Å². The van der Waals surface area contributed by atoms with E-state index in [1.54, 1.807) is 0 Å². The van der Waals surface area contributed by atoms with Crippen LogP contribution in [-0.4, -0.2) is 42.6 Å². The molecule has 24 heavy (non-hydrogen) atoms. The molecule has 0 radical (unpaired) electrons. The van der Waals surface area contributed by atoms with Crippen molar-refractivity contribution in [2.75, 3.05) is 26.7 Å². The van der Waals surface area contributed by atoms with Crippen molar-refractivity contribution in [3.63, 3.8) is 0 Å². The highest BCUT2D eigenvalue weighted by Gasteiger charge is 2.37. The van der Waals surface area contributed by atoms with Gasteiger partial charge in [-0.3, -0.25) is 4.79 Å². The molecule has 1 N–H and O–H groups in total. The topological polar surface area (TPSA) is 45.3 Å². The Morgan fingerprint density at radius 3 is 2.75 bits per heavy atom. The molecular weight excluding hydrogens is 300 g/mol. The number of hydrogen-bond donors (Lipinski definition) is 1. The Bertz CT molecular complexity index is 743. The van der Waals surface area contributed by atoms with Crippen molar-refractivity contribution in [3.05, 3.63) is 35.5 Å². The second-order valence-electron chi connectivity index (χ2n) is 7.44. The number of fused-ring (bicyclic) bond motifs is 4. The number of carbonyl (C=O) groups excluding carboxylic acids is 1. The summed E-state index contributed by atoms with van der Waals surface area (Å²) in [5, 5.41) is 1.26. The Morgan fingerprint density at radius 2 is 2.08 bits per heavy atom. The third kappa shape index (κ3) is 2.63. The Kier molecular flexibility index (Phi) is 4.09. The molecule has 1 aromatic heterocycles. The van der Waals surface area contributed by atoms with Crippen molar-refractivity contribution in [1.29, 1.82) is 0 Å². The summed E-state index contributed by atoms with van der Waals surface area (Å²) < 4.78 is 4.95. The van der Waals surface area contributed by atoms with E-state index in [-0.39, 0.29) is 11.9 Å². The zero-order valence-corrected chi connectivity index (χ0v) is 14.5. The fourth-order valence-corrected chi connectivity index (χ4v) is 4.64. The molecule has 2 atom stereocenters. The molecule has 4 heterocycles. The van der Waals surface area contributed by atoms with Gasteiger partial charge < -0.3 is 14.6 Å². The van der Waals surface area contributed by atoms with Gasteiger partial charge in [0.1, 0.15) is 0 Å². The zero-order valence-electron chi connectivity index (χ0n) is 14.5. The highest BCUT2D eigenvalue weighted by atomic mass is 16.5. The van der Waals surface area contributed by atoms with Gasteiger partial charge in [0, 0.05) is 29.1 Å². The van der Waals surface area contributed by atoms with Crippen LogP contribution in [0.2, 0.25) is 0 Å². The molecule has 3 aliphatic rings. The number of aromatic amines is 1. The van der Waals surface area contributed by atoms with E-state index in [4.69, 9.17) is 4.74 Å². The maximum absolute atomic E-state index is 11.9. The molecular formula is C20H26N2O2. The number of methoxy groups -OCH3 is 1. The molecule has 2 aromatic rings. The van der Waals surface area contributed by atoms with Crippen molar-refractivity contribution < 1.29 is 9.53 Å². The fourth-order valence-electron chi connectivity index (χ4n) is 4.64. The van der Waals surface area contributed by atoms with Gasteiger partial charge in [-0.25, -0.2) is 0 Å². The van der Waals surface area contributed by atoms with Gasteiger partial charge in [0.2, 0.25) is 0 Å². The first-order valence-electron chi connectivity index (χ1n) is 9.07. The smallest absolute Gasteiger partial charge is 0.308 e. The minimum Gasteiger partial charge on any atom is -0.469 e. The largest absolute Gasteiger partial charge is 0.469 e. The van der Waals surface area contributed by atoms with E-state index in [2.05, 4.69) is 34.1 Å². The summed E-state index contributed by atoms with van der Waals surface area (Å²) in [7, 11) is 1.47. The summed E-state index contributed by atoms with van der Waals surface area (Å²) in [5.74, 6) is 1.10. The molecule has 1 aromatic carbocycles. The first-order chi connectivity index (χ1) is 11.7. The molecule has 0 saturated carbocycles. The van der Waals surface area contributed by atoms with Crippen LogP contribution >= 0.6 is 0 Å². The lowest BCUT2D eigenvalue weighted by atomic mass is 9.76. The Balaban J connectivity index is 1.74. The number of hydrogen-bond acceptors (Lipinski definition) is 3. The standard InChI is InChI=1S/C20H26N2O2/c1-13(20(23)24-2)11-16-15-5-3-4-6-18(15)21-19(16)17-12-22-9-7-14(17)8-10-22/h3-6,13-14,17,21H,7-12H2,1-2H3. The lowest BCUT2D eigenvalue weighted by molar-refractivity contribution is -0.144. The van der Waals surface area contributed by atoms with E-state index in [9.17, 15) is 4.79 Å². The first kappa shape index (κ1) is 15.7. The quantitative estimate of drug-likeness (QED) is 0.877. The van der Waals surface area contributed by atoms with Crippen LogP contribution < -0.4 is 0 Å². The van der Waals surface area contributed by atoms with Crippen LogP contribution in [-0.2, 0) is 16.0 Å². The minimum absolute atomic E-state index is 0.117. The third-order valence-electron chi connectivity index (χ3n) is 5.99. The number of para-hydroxylation sites is 1. The van der Waals surface area contributed by atoms with Crippen LogP contribution in [0.25, 0.3) is 10.9 Å². The van der Waals surface area contributed by atoms with Crippen LogP contribution in [0.15, 0.2) is 24.3 Å². The molecule has 2 bridgehead atoms. The van der Waals surface area contributed by atoms with Gasteiger partial charge in [0.05, 0.1) is 13.0 Å². The maximum atomic E-state index is 11.9. The van der Waals surface area contributed by atoms with E-state index in [1.807, 2.05) is 6.92 Å². The summed E-state index contributed by atoms with van der Waals surface area (Å²) in [5.41, 5.74) is 3.87. The van der Waals surface area contributed by atoms with Crippen molar-refractivity contribution in [2.45, 2.75) is 32.1 Å². The van der Waals surface area contributed by atoms with Crippen molar-refractivity contribution in [2.24, 2.45) is 11.8 Å². The number of benzene rings is 1. The van der Waals surface area contributed by atoms with Crippen molar-refractivity contribution >= 4 is 16.9 Å². The normalized spacial score (nSPS) is 27.3. The van der Waals surface area contributed by atoms with Gasteiger partial charge in [-0.1, -0.05) is 25.1 Å². The SMILES string of the molecule is COC(=O)C(C)Cc1c(C2CN3CCC2CC3)[nH]c2ccccc12. The predicted octanol–water partition coefficient (Wildman–Crippen LogP) is 3.33. The van der Waals surface area contributed by atoms with Gasteiger partial charge >= 0.3 is 5.97 Å². The number of H-pyrrole nitrogens is 1. The van der Waals surface area contributed by atoms with E-state index < -0.39 is 0 Å². The average Bonchev–Trinajstić information content (AvgIpc) is 3.00. The number of aromatic nitrogens is 1. The number of esters is 1. The number of ether oxygens (including phenoxy) is 1. The summed E-state index contributed by atoms with van der Waals surface area (Å²) in [6, 6.07) is 8.48. The highest BCUT2D eigenvalue weighted by Crippen LogP contribution is 2.42. The minimum atomic E-state index is -0.125. The van der Waals surface area contributed by atoms with Crippen LogP contribution in [0.1, 0.15) is 36.9 Å². The monoisotopic (exact) mass is 326 g/mol. The molecule has 0 spiro atoms. The molecule has 3 aliphatic heterocycles. The molecule has 3 fully saturated rings. The molecule has 5 rings (SSSR count). The van der Waals surface area contributed by atoms with Crippen LogP contribution in [0, 0.1) is 11.8 Å². The van der Waals surface area contributed by atoms with Crippen LogP contribution in [0.5, 0.6) is 0 Å². The summed E-state index contributed by atoms with van der Waals surface area (Å²) in [4.78, 5) is 18.2. The molecule has 0 amide bonds. The fraction of sp³-hybridized carbons (Fsp3) is 0.550. The number of rotatable bonds is 4. The lowest BCUT2D eigenvalue weighted by Crippen LogP contribution is -2.46. The summed E-state index contributed by atoms with van der Waals surface area (Å²) >= 11 is 0. The maximum Gasteiger partial charge on any atom is 0.308 e. The number of nitrogens with one attached hydrogen (secondary N) is 1. The van der Waals surface area contributed by atoms with Crippen molar-refractivity contribution in [1.82, 2.24) is 9.88 Å². The van der Waals surface area contributed by atoms with Gasteiger partial charge in [-0.15, -0.1) is 0 Å². The van der Waals surface area contributed by atoms with Gasteiger partial charge in [-0.2, -0.15) is 0 Å². The molecule has 2 unspecified atom stereocenters. The molecule has 128 valence electrons. The first-order valence-corrected chi connectivity index (χ1v) is 9.07. The van der Waals surface area contributed by atoms with Crippen molar-refractivity contribution in [3.8, 4) is 0 Å². The number of nitrogens with zero attached hydrogens (tertiary/aromatic N) is 1. The summed E-state index contributed by atoms with van der Waals surface area (Å²) in [6.45, 7) is 5.61. The lowest BCUT2D eigenvalue weighted by Gasteiger charge is -2.45. The average molecular weight is 326 g/mol. The molecule has 4 nitrogen and oxygen atoms in total. The highest BCUT2D eigenvalue weighted by molar-refractivity contribution is 5.85. The predicted molar refractivity (Wildman–Crippen MR) is 95.1 cm³/mol. The Morgan fingerprint density at radius 1 is 1.33 bits per heavy atom.